The summed E-state index contributed by atoms with van der Waals surface area (Å²) in [5, 5.41) is 7.01. The number of carbonyl (C=O) groups is 1. The second kappa shape index (κ2) is 7.99. The molecule has 3 aromatic rings. The van der Waals surface area contributed by atoms with Gasteiger partial charge in [-0.05, 0) is 18.1 Å². The Labute approximate surface area is 156 Å². The van der Waals surface area contributed by atoms with E-state index in [0.717, 1.165) is 49.8 Å². The monoisotopic (exact) mass is 370 g/mol. The van der Waals surface area contributed by atoms with Crippen molar-refractivity contribution in [3.63, 3.8) is 0 Å². The summed E-state index contributed by atoms with van der Waals surface area (Å²) >= 11 is 1.55. The summed E-state index contributed by atoms with van der Waals surface area (Å²) in [6.07, 6.45) is 2.81. The number of aromatic nitrogens is 2. The van der Waals surface area contributed by atoms with Crippen molar-refractivity contribution in [3.05, 3.63) is 52.1 Å². The lowest BCUT2D eigenvalue weighted by molar-refractivity contribution is 0.0341. The van der Waals surface area contributed by atoms with Crippen molar-refractivity contribution >= 4 is 28.1 Å². The molecule has 136 valence electrons. The summed E-state index contributed by atoms with van der Waals surface area (Å²) in [7, 11) is 0. The first-order chi connectivity index (χ1) is 12.8. The number of aromatic amines is 1. The summed E-state index contributed by atoms with van der Waals surface area (Å²) in [6, 6.07) is 8.20. The highest BCUT2D eigenvalue weighted by molar-refractivity contribution is 7.09. The van der Waals surface area contributed by atoms with Crippen LogP contribution in [0.4, 0.5) is 0 Å². The Morgan fingerprint density at radius 3 is 3.04 bits per heavy atom. The Kier molecular flexibility index (Phi) is 5.29. The van der Waals surface area contributed by atoms with Crippen LogP contribution in [0.15, 0.2) is 35.8 Å². The Morgan fingerprint density at radius 1 is 1.31 bits per heavy atom. The van der Waals surface area contributed by atoms with Gasteiger partial charge in [0.15, 0.2) is 0 Å². The van der Waals surface area contributed by atoms with Gasteiger partial charge in [-0.1, -0.05) is 18.2 Å². The van der Waals surface area contributed by atoms with Gasteiger partial charge in [0.25, 0.3) is 5.91 Å². The largest absolute Gasteiger partial charge is 0.379 e. The van der Waals surface area contributed by atoms with Crippen LogP contribution in [0.5, 0.6) is 0 Å². The molecule has 1 aliphatic heterocycles. The lowest BCUT2D eigenvalue weighted by atomic mass is 10.1. The molecular formula is C19H22N4O2S. The molecule has 3 heterocycles. The van der Waals surface area contributed by atoms with Crippen LogP contribution >= 0.6 is 11.3 Å². The minimum atomic E-state index is -0.102. The number of fused-ring (bicyclic) bond motifs is 1. The molecule has 4 rings (SSSR count). The number of rotatable bonds is 6. The van der Waals surface area contributed by atoms with Crippen molar-refractivity contribution in [2.45, 2.75) is 13.0 Å². The van der Waals surface area contributed by atoms with E-state index >= 15 is 0 Å². The number of nitrogens with one attached hydrogen (secondary N) is 2. The second-order valence-electron chi connectivity index (χ2n) is 6.38. The molecule has 7 heteroatoms. The standard InChI is InChI=1S/C19H22N4O2S/c24-19(17-13-26-18(22-17)12-23-7-9-25-10-8-23)20-6-5-14-11-21-16-4-2-1-3-15(14)16/h1-4,11,13,21H,5-10,12H2,(H,20,24). The van der Waals surface area contributed by atoms with Gasteiger partial charge < -0.3 is 15.0 Å². The molecule has 0 saturated carbocycles. The van der Waals surface area contributed by atoms with Crippen LogP contribution < -0.4 is 5.32 Å². The number of nitrogens with zero attached hydrogens (tertiary/aromatic N) is 2. The van der Waals surface area contributed by atoms with E-state index in [4.69, 9.17) is 4.74 Å². The number of hydrogen-bond donors (Lipinski definition) is 2. The molecule has 0 atom stereocenters. The van der Waals surface area contributed by atoms with E-state index in [1.807, 2.05) is 23.7 Å². The second-order valence-corrected chi connectivity index (χ2v) is 7.32. The third-order valence-electron chi connectivity index (χ3n) is 4.60. The molecule has 0 radical (unpaired) electrons. The van der Waals surface area contributed by atoms with E-state index in [-0.39, 0.29) is 5.91 Å². The molecule has 26 heavy (non-hydrogen) atoms. The molecule has 1 saturated heterocycles. The first kappa shape index (κ1) is 17.2. The molecule has 0 aliphatic carbocycles. The number of amides is 1. The number of hydrogen-bond acceptors (Lipinski definition) is 5. The van der Waals surface area contributed by atoms with Crippen molar-refractivity contribution in [1.29, 1.82) is 0 Å². The predicted octanol–water partition coefficient (Wildman–Crippen LogP) is 2.43. The Balaban J connectivity index is 1.29. The van der Waals surface area contributed by atoms with E-state index in [2.05, 4.69) is 32.3 Å². The smallest absolute Gasteiger partial charge is 0.270 e. The fourth-order valence-corrected chi connectivity index (χ4v) is 3.99. The number of para-hydroxylation sites is 1. The number of carbonyl (C=O) groups excluding carboxylic acids is 1. The van der Waals surface area contributed by atoms with Crippen LogP contribution in [0.2, 0.25) is 0 Å². The normalized spacial score (nSPS) is 15.4. The summed E-state index contributed by atoms with van der Waals surface area (Å²) < 4.78 is 5.36. The summed E-state index contributed by atoms with van der Waals surface area (Å²) in [4.78, 5) is 22.4. The fourth-order valence-electron chi connectivity index (χ4n) is 3.18. The number of morpholine rings is 1. The Bertz CT molecular complexity index is 882. The summed E-state index contributed by atoms with van der Waals surface area (Å²) in [5.41, 5.74) is 2.85. The molecule has 1 amide bonds. The topological polar surface area (TPSA) is 70.2 Å². The van der Waals surface area contributed by atoms with Gasteiger partial charge in [0.05, 0.1) is 19.8 Å². The number of thiazole rings is 1. The lowest BCUT2D eigenvalue weighted by Gasteiger charge is -2.25. The van der Waals surface area contributed by atoms with Gasteiger partial charge in [-0.15, -0.1) is 11.3 Å². The molecule has 1 aromatic carbocycles. The number of H-pyrrole nitrogens is 1. The Hall–Kier alpha value is -2.22. The van der Waals surface area contributed by atoms with E-state index in [1.54, 1.807) is 11.3 Å². The van der Waals surface area contributed by atoms with Crippen LogP contribution in [0, 0.1) is 0 Å². The minimum absolute atomic E-state index is 0.102. The zero-order chi connectivity index (χ0) is 17.8. The van der Waals surface area contributed by atoms with Crippen molar-refractivity contribution in [2.24, 2.45) is 0 Å². The molecule has 0 unspecified atom stereocenters. The van der Waals surface area contributed by atoms with Gasteiger partial charge in [-0.25, -0.2) is 4.98 Å². The molecule has 0 spiro atoms. The molecule has 1 aliphatic rings. The fraction of sp³-hybridized carbons (Fsp3) is 0.368. The van der Waals surface area contributed by atoms with E-state index < -0.39 is 0 Å². The molecule has 0 bridgehead atoms. The number of benzene rings is 1. The van der Waals surface area contributed by atoms with Crippen molar-refractivity contribution in [2.75, 3.05) is 32.8 Å². The molecule has 6 nitrogen and oxygen atoms in total. The molecule has 2 N–H and O–H groups in total. The molecule has 1 fully saturated rings. The quantitative estimate of drug-likeness (QED) is 0.699. The zero-order valence-corrected chi connectivity index (χ0v) is 15.3. The van der Waals surface area contributed by atoms with Crippen LogP contribution in [-0.4, -0.2) is 53.6 Å². The summed E-state index contributed by atoms with van der Waals surface area (Å²) in [6.45, 7) is 4.77. The highest BCUT2D eigenvalue weighted by atomic mass is 32.1. The minimum Gasteiger partial charge on any atom is -0.379 e. The molecule has 2 aromatic heterocycles. The van der Waals surface area contributed by atoms with Gasteiger partial charge >= 0.3 is 0 Å². The van der Waals surface area contributed by atoms with Crippen LogP contribution in [0.3, 0.4) is 0 Å². The lowest BCUT2D eigenvalue weighted by Crippen LogP contribution is -2.35. The maximum atomic E-state index is 12.3. The van der Waals surface area contributed by atoms with Gasteiger partial charge in [-0.2, -0.15) is 0 Å². The van der Waals surface area contributed by atoms with Gasteiger partial charge in [0.1, 0.15) is 10.7 Å². The Morgan fingerprint density at radius 2 is 2.15 bits per heavy atom. The highest BCUT2D eigenvalue weighted by Gasteiger charge is 2.15. The van der Waals surface area contributed by atoms with Crippen LogP contribution in [-0.2, 0) is 17.7 Å². The first-order valence-corrected chi connectivity index (χ1v) is 9.75. The third-order valence-corrected chi connectivity index (χ3v) is 5.44. The number of ether oxygens (including phenoxy) is 1. The first-order valence-electron chi connectivity index (χ1n) is 8.87. The van der Waals surface area contributed by atoms with E-state index in [0.29, 0.717) is 12.2 Å². The average Bonchev–Trinajstić information content (AvgIpc) is 3.30. The predicted molar refractivity (Wildman–Crippen MR) is 103 cm³/mol. The highest BCUT2D eigenvalue weighted by Crippen LogP contribution is 2.18. The van der Waals surface area contributed by atoms with E-state index in [1.165, 1.54) is 10.9 Å². The zero-order valence-electron chi connectivity index (χ0n) is 14.5. The molecular weight excluding hydrogens is 348 g/mol. The maximum Gasteiger partial charge on any atom is 0.270 e. The maximum absolute atomic E-state index is 12.3. The average molecular weight is 370 g/mol. The van der Waals surface area contributed by atoms with Crippen molar-refractivity contribution in [1.82, 2.24) is 20.2 Å². The van der Waals surface area contributed by atoms with Crippen molar-refractivity contribution < 1.29 is 9.53 Å². The van der Waals surface area contributed by atoms with Gasteiger partial charge in [0.2, 0.25) is 0 Å². The third kappa shape index (κ3) is 3.95. The van der Waals surface area contributed by atoms with Crippen LogP contribution in [0.1, 0.15) is 21.1 Å². The van der Waals surface area contributed by atoms with E-state index in [9.17, 15) is 4.79 Å². The van der Waals surface area contributed by atoms with Gasteiger partial charge in [-0.3, -0.25) is 9.69 Å². The van der Waals surface area contributed by atoms with Crippen LogP contribution in [0.25, 0.3) is 10.9 Å². The van der Waals surface area contributed by atoms with Crippen molar-refractivity contribution in [3.8, 4) is 0 Å². The SMILES string of the molecule is O=C(NCCc1c[nH]c2ccccc12)c1csc(CN2CCOCC2)n1. The van der Waals surface area contributed by atoms with Gasteiger partial charge in [0, 0.05) is 42.1 Å². The summed E-state index contributed by atoms with van der Waals surface area (Å²) in [5.74, 6) is -0.102.